The molecule has 0 bridgehead atoms. The smallest absolute Gasteiger partial charge is 0.330 e. The highest BCUT2D eigenvalue weighted by molar-refractivity contribution is 6.31. The summed E-state index contributed by atoms with van der Waals surface area (Å²) in [7, 11) is 1.30. The van der Waals surface area contributed by atoms with Gasteiger partial charge >= 0.3 is 5.97 Å². The first-order valence-electron chi connectivity index (χ1n) is 5.09. The van der Waals surface area contributed by atoms with E-state index in [4.69, 9.17) is 0 Å². The van der Waals surface area contributed by atoms with Crippen molar-refractivity contribution in [1.82, 2.24) is 0 Å². The van der Waals surface area contributed by atoms with Crippen LogP contribution in [0.4, 0.5) is 5.69 Å². The molecule has 1 aliphatic heterocycles. The van der Waals surface area contributed by atoms with Crippen LogP contribution in [0.3, 0.4) is 0 Å². The lowest BCUT2D eigenvalue weighted by atomic mass is 10.1. The number of hydrogen-bond acceptors (Lipinski definition) is 3. The Balaban J connectivity index is 2.27. The molecule has 1 aromatic rings. The Morgan fingerprint density at radius 2 is 2.12 bits per heavy atom. The molecule has 1 aromatic carbocycles. The number of methoxy groups -OCH3 is 1. The second-order valence-corrected chi connectivity index (χ2v) is 3.46. The fourth-order valence-corrected chi connectivity index (χ4v) is 1.60. The van der Waals surface area contributed by atoms with Crippen LogP contribution in [0.2, 0.25) is 0 Å². The molecule has 86 valence electrons. The molecule has 0 spiro atoms. The molecular formula is C13H11NO3. The van der Waals surface area contributed by atoms with E-state index in [0.717, 1.165) is 11.3 Å². The highest BCUT2D eigenvalue weighted by atomic mass is 16.5. The Morgan fingerprint density at radius 3 is 2.88 bits per heavy atom. The van der Waals surface area contributed by atoms with Gasteiger partial charge in [-0.15, -0.1) is 0 Å². The van der Waals surface area contributed by atoms with E-state index in [1.165, 1.54) is 19.3 Å². The van der Waals surface area contributed by atoms with Crippen molar-refractivity contribution >= 4 is 23.1 Å². The molecule has 0 fully saturated rings. The third-order valence-corrected chi connectivity index (χ3v) is 2.41. The summed E-state index contributed by atoms with van der Waals surface area (Å²) in [6, 6.07) is 7.40. The van der Waals surface area contributed by atoms with E-state index < -0.39 is 5.97 Å². The molecule has 0 saturated carbocycles. The van der Waals surface area contributed by atoms with Gasteiger partial charge in [0.1, 0.15) is 0 Å². The zero-order valence-corrected chi connectivity index (χ0v) is 9.27. The minimum Gasteiger partial charge on any atom is -0.466 e. The second-order valence-electron chi connectivity index (χ2n) is 3.46. The van der Waals surface area contributed by atoms with Gasteiger partial charge in [-0.2, -0.15) is 0 Å². The zero-order chi connectivity index (χ0) is 12.3. The van der Waals surface area contributed by atoms with Crippen LogP contribution in [0.1, 0.15) is 5.56 Å². The third-order valence-electron chi connectivity index (χ3n) is 2.41. The molecule has 1 N–H and O–H groups in total. The Labute approximate surface area is 98.6 Å². The van der Waals surface area contributed by atoms with Crippen LogP contribution in [0, 0.1) is 0 Å². The summed E-state index contributed by atoms with van der Waals surface area (Å²) < 4.78 is 4.46. The van der Waals surface area contributed by atoms with Gasteiger partial charge in [-0.3, -0.25) is 4.79 Å². The largest absolute Gasteiger partial charge is 0.466 e. The van der Waals surface area contributed by atoms with E-state index in [1.807, 2.05) is 24.3 Å². The predicted octanol–water partition coefficient (Wildman–Crippen LogP) is 1.75. The number of nitrogens with one attached hydrogen (secondary N) is 1. The quantitative estimate of drug-likeness (QED) is 0.621. The monoisotopic (exact) mass is 229 g/mol. The van der Waals surface area contributed by atoms with Gasteiger partial charge < -0.3 is 10.1 Å². The molecule has 0 saturated heterocycles. The van der Waals surface area contributed by atoms with E-state index in [0.29, 0.717) is 5.57 Å². The first-order valence-corrected chi connectivity index (χ1v) is 5.09. The molecule has 1 amide bonds. The normalized spacial score (nSPS) is 16.1. The van der Waals surface area contributed by atoms with E-state index in [1.54, 1.807) is 6.08 Å². The van der Waals surface area contributed by atoms with Gasteiger partial charge in [-0.1, -0.05) is 24.3 Å². The fourth-order valence-electron chi connectivity index (χ4n) is 1.60. The van der Waals surface area contributed by atoms with Crippen molar-refractivity contribution in [2.45, 2.75) is 0 Å². The number of rotatable bonds is 2. The molecule has 0 aromatic heterocycles. The van der Waals surface area contributed by atoms with E-state index in [-0.39, 0.29) is 5.91 Å². The van der Waals surface area contributed by atoms with Crippen molar-refractivity contribution < 1.29 is 14.3 Å². The number of esters is 1. The molecular weight excluding hydrogens is 218 g/mol. The van der Waals surface area contributed by atoms with Crippen molar-refractivity contribution in [2.24, 2.45) is 0 Å². The predicted molar refractivity (Wildman–Crippen MR) is 64.2 cm³/mol. The number of allylic oxidation sites excluding steroid dienone is 2. The number of para-hydroxylation sites is 1. The SMILES string of the molecule is COC(=O)C=CC=C1C(=O)Nc2ccccc21. The van der Waals surface area contributed by atoms with Crippen LogP contribution in [0.25, 0.3) is 5.57 Å². The Bertz CT molecular complexity index is 529. The van der Waals surface area contributed by atoms with Gasteiger partial charge in [0.05, 0.1) is 7.11 Å². The summed E-state index contributed by atoms with van der Waals surface area (Å²) in [5.41, 5.74) is 2.17. The maximum Gasteiger partial charge on any atom is 0.330 e. The van der Waals surface area contributed by atoms with Crippen LogP contribution >= 0.6 is 0 Å². The van der Waals surface area contributed by atoms with Crippen LogP contribution in [-0.4, -0.2) is 19.0 Å². The molecule has 0 radical (unpaired) electrons. The molecule has 0 aliphatic carbocycles. The van der Waals surface area contributed by atoms with Crippen molar-refractivity contribution in [3.05, 3.63) is 48.1 Å². The van der Waals surface area contributed by atoms with Gasteiger partial charge in [0.2, 0.25) is 0 Å². The minimum absolute atomic E-state index is 0.166. The molecule has 0 unspecified atom stereocenters. The van der Waals surface area contributed by atoms with Crippen LogP contribution in [-0.2, 0) is 14.3 Å². The zero-order valence-electron chi connectivity index (χ0n) is 9.27. The summed E-state index contributed by atoms with van der Waals surface area (Å²) in [6.45, 7) is 0. The second kappa shape index (κ2) is 4.65. The number of carbonyl (C=O) groups is 2. The highest BCUT2D eigenvalue weighted by Crippen LogP contribution is 2.30. The maximum atomic E-state index is 11.6. The fraction of sp³-hybridized carbons (Fsp3) is 0.0769. The highest BCUT2D eigenvalue weighted by Gasteiger charge is 2.22. The van der Waals surface area contributed by atoms with E-state index in [2.05, 4.69) is 10.1 Å². The maximum absolute atomic E-state index is 11.6. The average molecular weight is 229 g/mol. The number of amides is 1. The molecule has 1 aliphatic rings. The lowest BCUT2D eigenvalue weighted by Gasteiger charge is -1.94. The summed E-state index contributed by atoms with van der Waals surface area (Å²) in [4.78, 5) is 22.5. The first-order chi connectivity index (χ1) is 8.22. The van der Waals surface area contributed by atoms with Gasteiger partial charge in [0, 0.05) is 22.9 Å². The molecule has 0 atom stereocenters. The van der Waals surface area contributed by atoms with Crippen molar-refractivity contribution in [3.8, 4) is 0 Å². The third kappa shape index (κ3) is 2.25. The minimum atomic E-state index is -0.450. The summed E-state index contributed by atoms with van der Waals surface area (Å²) in [5.74, 6) is -0.616. The van der Waals surface area contributed by atoms with Crippen molar-refractivity contribution in [2.75, 3.05) is 12.4 Å². The van der Waals surface area contributed by atoms with Gasteiger partial charge in [-0.05, 0) is 12.1 Å². The molecule has 17 heavy (non-hydrogen) atoms. The molecule has 1 heterocycles. The van der Waals surface area contributed by atoms with Crippen LogP contribution < -0.4 is 5.32 Å². The van der Waals surface area contributed by atoms with Gasteiger partial charge in [-0.25, -0.2) is 4.79 Å². The summed E-state index contributed by atoms with van der Waals surface area (Å²) >= 11 is 0. The van der Waals surface area contributed by atoms with E-state index >= 15 is 0 Å². The van der Waals surface area contributed by atoms with Crippen molar-refractivity contribution in [1.29, 1.82) is 0 Å². The van der Waals surface area contributed by atoms with Crippen molar-refractivity contribution in [3.63, 3.8) is 0 Å². The number of fused-ring (bicyclic) bond motifs is 1. The lowest BCUT2D eigenvalue weighted by molar-refractivity contribution is -0.134. The van der Waals surface area contributed by atoms with Crippen LogP contribution in [0.15, 0.2) is 42.5 Å². The van der Waals surface area contributed by atoms with Gasteiger partial charge in [0.15, 0.2) is 0 Å². The Hall–Kier alpha value is -2.36. The number of benzene rings is 1. The topological polar surface area (TPSA) is 55.4 Å². The Morgan fingerprint density at radius 1 is 1.35 bits per heavy atom. The van der Waals surface area contributed by atoms with Gasteiger partial charge in [0.25, 0.3) is 5.91 Å². The molecule has 2 rings (SSSR count). The number of ether oxygens (including phenoxy) is 1. The van der Waals surface area contributed by atoms with E-state index in [9.17, 15) is 9.59 Å². The first kappa shape index (κ1) is 11.1. The number of carbonyl (C=O) groups excluding carboxylic acids is 2. The summed E-state index contributed by atoms with van der Waals surface area (Å²) in [6.07, 6.45) is 4.36. The molecule has 4 nitrogen and oxygen atoms in total. The molecule has 4 heteroatoms. The number of hydrogen-bond donors (Lipinski definition) is 1. The Kier molecular flexibility index (Phi) is 3.05. The average Bonchev–Trinajstić information content (AvgIpc) is 2.66. The summed E-state index contributed by atoms with van der Waals surface area (Å²) in [5, 5.41) is 2.74. The number of anilines is 1. The standard InChI is InChI=1S/C13H11NO3/c1-17-12(15)8-4-6-10-9-5-2-3-7-11(9)14-13(10)16/h2-8H,1H3,(H,14,16). The van der Waals surface area contributed by atoms with Crippen LogP contribution in [0.5, 0.6) is 0 Å². The lowest BCUT2D eigenvalue weighted by Crippen LogP contribution is -2.03.